The van der Waals surface area contributed by atoms with Crippen LogP contribution in [0, 0.1) is 12.7 Å². The Kier molecular flexibility index (Phi) is 5.79. The summed E-state index contributed by atoms with van der Waals surface area (Å²) in [6.07, 6.45) is 1.46. The van der Waals surface area contributed by atoms with Crippen LogP contribution in [-0.4, -0.2) is 32.8 Å². The number of hydroxylamine groups is 1. The fraction of sp³-hybridized carbons (Fsp3) is 0.300. The number of anilines is 2. The first-order chi connectivity index (χ1) is 13.6. The molecule has 0 spiro atoms. The highest BCUT2D eigenvalue weighted by molar-refractivity contribution is 6.33. The SMILES string of the molecule is Cc1ccc(Nc2c(C(=O)NOCC(C)(C)O)cc3c(ncn3C)c2F)c(Cl)c1. The van der Waals surface area contributed by atoms with Gasteiger partial charge in [0, 0.05) is 7.05 Å². The smallest absolute Gasteiger partial charge is 0.277 e. The van der Waals surface area contributed by atoms with E-state index < -0.39 is 17.3 Å². The quantitative estimate of drug-likeness (QED) is 0.527. The van der Waals surface area contributed by atoms with E-state index in [1.807, 2.05) is 13.0 Å². The highest BCUT2D eigenvalue weighted by Crippen LogP contribution is 2.33. The molecule has 3 rings (SSSR count). The van der Waals surface area contributed by atoms with Crippen LogP contribution in [0.4, 0.5) is 15.8 Å². The van der Waals surface area contributed by atoms with Gasteiger partial charge in [-0.1, -0.05) is 17.7 Å². The minimum Gasteiger partial charge on any atom is -0.388 e. The molecular weight excluding hydrogens is 399 g/mol. The number of aliphatic hydroxyl groups is 1. The van der Waals surface area contributed by atoms with Gasteiger partial charge in [0.05, 0.1) is 39.4 Å². The number of aromatic nitrogens is 2. The van der Waals surface area contributed by atoms with Gasteiger partial charge in [0.1, 0.15) is 12.1 Å². The molecule has 1 amide bonds. The predicted molar refractivity (Wildman–Crippen MR) is 110 cm³/mol. The molecule has 29 heavy (non-hydrogen) atoms. The predicted octanol–water partition coefficient (Wildman–Crippen LogP) is 3.85. The van der Waals surface area contributed by atoms with Gasteiger partial charge >= 0.3 is 0 Å². The first kappa shape index (κ1) is 21.0. The van der Waals surface area contributed by atoms with Crippen LogP contribution in [0.1, 0.15) is 29.8 Å². The van der Waals surface area contributed by atoms with Crippen molar-refractivity contribution in [1.82, 2.24) is 15.0 Å². The van der Waals surface area contributed by atoms with Crippen LogP contribution in [-0.2, 0) is 11.9 Å². The van der Waals surface area contributed by atoms with E-state index in [2.05, 4.69) is 15.8 Å². The molecule has 7 nitrogen and oxygen atoms in total. The molecule has 0 atom stereocenters. The molecule has 9 heteroatoms. The number of carbonyl (C=O) groups is 1. The molecule has 3 aromatic rings. The van der Waals surface area contributed by atoms with Crippen LogP contribution in [0.3, 0.4) is 0 Å². The number of rotatable bonds is 6. The van der Waals surface area contributed by atoms with E-state index >= 15 is 4.39 Å². The lowest BCUT2D eigenvalue weighted by Gasteiger charge is -2.18. The standard InChI is InChI=1S/C20H22ClFN4O3/c1-11-5-6-14(13(21)7-11)24-17-12(19(27)25-29-9-20(2,3)28)8-15-18(16(17)22)23-10-26(15)4/h5-8,10,24,28H,9H2,1-4H3,(H,25,27). The first-order valence-electron chi connectivity index (χ1n) is 8.88. The number of carbonyl (C=O) groups excluding carboxylic acids is 1. The van der Waals surface area contributed by atoms with Crippen molar-refractivity contribution in [1.29, 1.82) is 0 Å². The number of nitrogens with one attached hydrogen (secondary N) is 2. The highest BCUT2D eigenvalue weighted by Gasteiger charge is 2.23. The van der Waals surface area contributed by atoms with Crippen molar-refractivity contribution in [2.45, 2.75) is 26.4 Å². The molecule has 1 heterocycles. The normalized spacial score (nSPS) is 11.7. The van der Waals surface area contributed by atoms with Gasteiger partial charge in [0.2, 0.25) is 0 Å². The fourth-order valence-electron chi connectivity index (χ4n) is 2.72. The minimum atomic E-state index is -1.14. The van der Waals surface area contributed by atoms with Crippen molar-refractivity contribution >= 4 is 39.9 Å². The number of hydrogen-bond donors (Lipinski definition) is 3. The summed E-state index contributed by atoms with van der Waals surface area (Å²) in [6.45, 7) is 4.82. The second-order valence-corrected chi connectivity index (χ2v) is 7.88. The zero-order valence-corrected chi connectivity index (χ0v) is 17.3. The lowest BCUT2D eigenvalue weighted by molar-refractivity contribution is -0.0522. The Bertz CT molecular complexity index is 1080. The Hall–Kier alpha value is -2.68. The number of hydrogen-bond acceptors (Lipinski definition) is 5. The third kappa shape index (κ3) is 4.67. The average molecular weight is 421 g/mol. The van der Waals surface area contributed by atoms with Crippen LogP contribution in [0.25, 0.3) is 11.0 Å². The van der Waals surface area contributed by atoms with Gasteiger partial charge < -0.3 is 15.0 Å². The monoisotopic (exact) mass is 420 g/mol. The number of imidazole rings is 1. The van der Waals surface area contributed by atoms with Gasteiger partial charge in [-0.15, -0.1) is 0 Å². The number of nitrogens with zero attached hydrogens (tertiary/aromatic N) is 2. The van der Waals surface area contributed by atoms with Crippen molar-refractivity contribution in [2.24, 2.45) is 7.05 Å². The van der Waals surface area contributed by atoms with E-state index in [-0.39, 0.29) is 23.4 Å². The summed E-state index contributed by atoms with van der Waals surface area (Å²) < 4.78 is 16.9. The van der Waals surface area contributed by atoms with Gasteiger partial charge in [0.15, 0.2) is 5.82 Å². The molecular formula is C20H22ClFN4O3. The van der Waals surface area contributed by atoms with Crippen molar-refractivity contribution in [3.05, 3.63) is 52.6 Å². The molecule has 1 aromatic heterocycles. The van der Waals surface area contributed by atoms with Crippen molar-refractivity contribution in [3.8, 4) is 0 Å². The lowest BCUT2D eigenvalue weighted by atomic mass is 10.1. The summed E-state index contributed by atoms with van der Waals surface area (Å²) in [6, 6.07) is 6.76. The molecule has 0 aliphatic carbocycles. The second kappa shape index (κ2) is 7.98. The summed E-state index contributed by atoms with van der Waals surface area (Å²) in [5.41, 5.74) is 2.98. The van der Waals surface area contributed by atoms with Gasteiger partial charge in [0.25, 0.3) is 5.91 Å². The van der Waals surface area contributed by atoms with E-state index in [0.717, 1.165) is 5.56 Å². The Morgan fingerprint density at radius 2 is 2.10 bits per heavy atom. The van der Waals surface area contributed by atoms with Gasteiger partial charge in [-0.05, 0) is 44.5 Å². The molecule has 154 valence electrons. The number of aryl methyl sites for hydroxylation is 2. The third-order valence-corrected chi connectivity index (χ3v) is 4.49. The van der Waals surface area contributed by atoms with E-state index in [4.69, 9.17) is 16.4 Å². The fourth-order valence-corrected chi connectivity index (χ4v) is 3.00. The summed E-state index contributed by atoms with van der Waals surface area (Å²) >= 11 is 6.26. The molecule has 0 fully saturated rings. The molecule has 3 N–H and O–H groups in total. The molecule has 0 radical (unpaired) electrons. The van der Waals surface area contributed by atoms with Crippen molar-refractivity contribution in [2.75, 3.05) is 11.9 Å². The van der Waals surface area contributed by atoms with Crippen molar-refractivity contribution < 1.29 is 19.1 Å². The number of halogens is 2. The van der Waals surface area contributed by atoms with Crippen LogP contribution in [0.15, 0.2) is 30.6 Å². The zero-order chi connectivity index (χ0) is 21.3. The van der Waals surface area contributed by atoms with Crippen molar-refractivity contribution in [3.63, 3.8) is 0 Å². The van der Waals surface area contributed by atoms with Crippen LogP contribution < -0.4 is 10.8 Å². The van der Waals surface area contributed by atoms with E-state index in [1.165, 1.54) is 26.2 Å². The van der Waals surface area contributed by atoms with E-state index in [9.17, 15) is 9.90 Å². The molecule has 0 saturated heterocycles. The van der Waals surface area contributed by atoms with Gasteiger partial charge in [-0.3, -0.25) is 9.63 Å². The summed E-state index contributed by atoms with van der Waals surface area (Å²) in [7, 11) is 1.70. The summed E-state index contributed by atoms with van der Waals surface area (Å²) in [4.78, 5) is 21.9. The largest absolute Gasteiger partial charge is 0.388 e. The van der Waals surface area contributed by atoms with Crippen LogP contribution >= 0.6 is 11.6 Å². The zero-order valence-electron chi connectivity index (χ0n) is 16.5. The average Bonchev–Trinajstić information content (AvgIpc) is 2.99. The first-order valence-corrected chi connectivity index (χ1v) is 9.26. The number of fused-ring (bicyclic) bond motifs is 1. The Morgan fingerprint density at radius 1 is 1.38 bits per heavy atom. The van der Waals surface area contributed by atoms with Gasteiger partial charge in [-0.2, -0.15) is 0 Å². The maximum atomic E-state index is 15.3. The maximum Gasteiger partial charge on any atom is 0.277 e. The van der Waals surface area contributed by atoms with Crippen LogP contribution in [0.5, 0.6) is 0 Å². The third-order valence-electron chi connectivity index (χ3n) is 4.18. The maximum absolute atomic E-state index is 15.3. The summed E-state index contributed by atoms with van der Waals surface area (Å²) in [5.74, 6) is -1.37. The molecule has 0 aliphatic heterocycles. The van der Waals surface area contributed by atoms with E-state index in [0.29, 0.717) is 16.2 Å². The molecule has 2 aromatic carbocycles. The topological polar surface area (TPSA) is 88.4 Å². The molecule has 0 aliphatic rings. The Labute approximate surface area is 172 Å². The Morgan fingerprint density at radius 3 is 2.76 bits per heavy atom. The van der Waals surface area contributed by atoms with Gasteiger partial charge in [-0.25, -0.2) is 14.9 Å². The van der Waals surface area contributed by atoms with E-state index in [1.54, 1.807) is 23.7 Å². The Balaban J connectivity index is 2.03. The molecule has 0 bridgehead atoms. The highest BCUT2D eigenvalue weighted by atomic mass is 35.5. The second-order valence-electron chi connectivity index (χ2n) is 7.48. The number of amides is 1. The number of benzene rings is 2. The molecule has 0 unspecified atom stereocenters. The van der Waals surface area contributed by atoms with Crippen LogP contribution in [0.2, 0.25) is 5.02 Å². The lowest BCUT2D eigenvalue weighted by Crippen LogP contribution is -2.33. The molecule has 0 saturated carbocycles. The summed E-state index contributed by atoms with van der Waals surface area (Å²) in [5, 5.41) is 13.0. The minimum absolute atomic E-state index is 0.00554.